The number of hydrogen-bond donors (Lipinski definition) is 2. The molecule has 92 valence electrons. The van der Waals surface area contributed by atoms with Crippen molar-refractivity contribution in [1.82, 2.24) is 9.97 Å². The van der Waals surface area contributed by atoms with Crippen molar-refractivity contribution in [2.45, 2.75) is 4.90 Å². The van der Waals surface area contributed by atoms with Crippen LogP contribution < -0.4 is 5.32 Å². The van der Waals surface area contributed by atoms with Crippen molar-refractivity contribution in [3.63, 3.8) is 0 Å². The van der Waals surface area contributed by atoms with E-state index in [-0.39, 0.29) is 5.56 Å². The molecule has 2 N–H and O–H groups in total. The number of hydrogen-bond acceptors (Lipinski definition) is 5. The van der Waals surface area contributed by atoms with Crippen LogP contribution in [0.3, 0.4) is 0 Å². The Labute approximate surface area is 108 Å². The molecule has 0 aliphatic carbocycles. The van der Waals surface area contributed by atoms with Crippen LogP contribution >= 0.6 is 11.8 Å². The van der Waals surface area contributed by atoms with E-state index >= 15 is 0 Å². The van der Waals surface area contributed by atoms with Crippen molar-refractivity contribution in [3.8, 4) is 0 Å². The number of carboxylic acids is 1. The Balaban J connectivity index is 2.37. The van der Waals surface area contributed by atoms with Crippen LogP contribution in [0.2, 0.25) is 0 Å². The number of nitrogens with one attached hydrogen (secondary N) is 1. The van der Waals surface area contributed by atoms with Crippen LogP contribution in [0, 0.1) is 0 Å². The maximum Gasteiger partial charge on any atom is 0.341 e. The van der Waals surface area contributed by atoms with Gasteiger partial charge in [-0.25, -0.2) is 14.8 Å². The van der Waals surface area contributed by atoms with E-state index in [1.165, 1.54) is 12.5 Å². The summed E-state index contributed by atoms with van der Waals surface area (Å²) in [5, 5.41) is 12.1. The van der Waals surface area contributed by atoms with Crippen molar-refractivity contribution in [2.75, 3.05) is 11.6 Å². The first-order valence-corrected chi connectivity index (χ1v) is 6.38. The number of carboxylic acid groups (broad SMARTS) is 1. The number of rotatable bonds is 4. The van der Waals surface area contributed by atoms with E-state index in [9.17, 15) is 4.79 Å². The lowest BCUT2D eigenvalue weighted by molar-refractivity contribution is 0.0697. The zero-order valence-electron chi connectivity index (χ0n) is 9.62. The first-order chi connectivity index (χ1) is 8.72. The van der Waals surface area contributed by atoms with Crippen LogP contribution in [-0.4, -0.2) is 27.3 Å². The van der Waals surface area contributed by atoms with Crippen molar-refractivity contribution in [3.05, 3.63) is 42.4 Å². The summed E-state index contributed by atoms with van der Waals surface area (Å²) < 4.78 is 0. The van der Waals surface area contributed by atoms with Gasteiger partial charge in [0.05, 0.1) is 5.69 Å². The molecule has 0 saturated heterocycles. The number of benzene rings is 1. The number of carbonyl (C=O) groups is 1. The van der Waals surface area contributed by atoms with Gasteiger partial charge in [0, 0.05) is 11.1 Å². The van der Waals surface area contributed by atoms with E-state index < -0.39 is 5.97 Å². The highest BCUT2D eigenvalue weighted by Crippen LogP contribution is 2.27. The highest BCUT2D eigenvalue weighted by atomic mass is 32.2. The predicted octanol–water partition coefficient (Wildman–Crippen LogP) is 2.64. The minimum Gasteiger partial charge on any atom is -0.477 e. The maximum atomic E-state index is 11.0. The van der Waals surface area contributed by atoms with Crippen LogP contribution in [0.25, 0.3) is 0 Å². The second-order valence-electron chi connectivity index (χ2n) is 3.42. The van der Waals surface area contributed by atoms with E-state index in [4.69, 9.17) is 5.11 Å². The van der Waals surface area contributed by atoms with Crippen molar-refractivity contribution in [1.29, 1.82) is 0 Å². The summed E-state index contributed by atoms with van der Waals surface area (Å²) in [6, 6.07) is 7.63. The summed E-state index contributed by atoms with van der Waals surface area (Å²) in [5.41, 5.74) is 0.875. The van der Waals surface area contributed by atoms with E-state index in [1.54, 1.807) is 11.8 Å². The average Bonchev–Trinajstić information content (AvgIpc) is 2.40. The fourth-order valence-electron chi connectivity index (χ4n) is 1.46. The number of aromatic carboxylic acids is 1. The third-order valence-electron chi connectivity index (χ3n) is 2.30. The molecular weight excluding hydrogens is 250 g/mol. The van der Waals surface area contributed by atoms with Crippen LogP contribution in [-0.2, 0) is 0 Å². The van der Waals surface area contributed by atoms with Gasteiger partial charge in [0.1, 0.15) is 17.7 Å². The molecule has 0 fully saturated rings. The summed E-state index contributed by atoms with van der Waals surface area (Å²) in [4.78, 5) is 19.7. The molecule has 1 heterocycles. The Morgan fingerprint density at radius 1 is 1.39 bits per heavy atom. The first kappa shape index (κ1) is 12.4. The number of para-hydroxylation sites is 1. The van der Waals surface area contributed by atoms with Crippen molar-refractivity contribution in [2.24, 2.45) is 0 Å². The minimum atomic E-state index is -1.06. The van der Waals surface area contributed by atoms with E-state index in [2.05, 4.69) is 15.3 Å². The Kier molecular flexibility index (Phi) is 3.78. The zero-order chi connectivity index (χ0) is 13.0. The molecule has 18 heavy (non-hydrogen) atoms. The molecule has 2 rings (SSSR count). The topological polar surface area (TPSA) is 75.1 Å². The molecule has 5 nitrogen and oxygen atoms in total. The normalized spacial score (nSPS) is 10.1. The van der Waals surface area contributed by atoms with Gasteiger partial charge in [-0.05, 0) is 18.4 Å². The van der Waals surface area contributed by atoms with Gasteiger partial charge in [-0.15, -0.1) is 11.8 Å². The smallest absolute Gasteiger partial charge is 0.341 e. The molecular formula is C12H11N3O2S. The summed E-state index contributed by atoms with van der Waals surface area (Å²) in [7, 11) is 0. The lowest BCUT2D eigenvalue weighted by Gasteiger charge is -2.10. The Hall–Kier alpha value is -2.08. The first-order valence-electron chi connectivity index (χ1n) is 5.15. The van der Waals surface area contributed by atoms with Gasteiger partial charge in [-0.2, -0.15) is 0 Å². The van der Waals surface area contributed by atoms with Gasteiger partial charge in [0.2, 0.25) is 0 Å². The molecule has 0 amide bonds. The van der Waals surface area contributed by atoms with Gasteiger partial charge in [-0.1, -0.05) is 12.1 Å². The average molecular weight is 261 g/mol. The molecule has 2 aromatic rings. The molecule has 1 aromatic heterocycles. The molecule has 0 saturated carbocycles. The van der Waals surface area contributed by atoms with Crippen LogP contribution in [0.1, 0.15) is 10.4 Å². The lowest BCUT2D eigenvalue weighted by atomic mass is 10.2. The molecule has 0 aliphatic rings. The molecule has 0 atom stereocenters. The molecule has 0 spiro atoms. The monoisotopic (exact) mass is 261 g/mol. The summed E-state index contributed by atoms with van der Waals surface area (Å²) in [5.74, 6) is -0.765. The third kappa shape index (κ3) is 2.60. The fraction of sp³-hybridized carbons (Fsp3) is 0.0833. The molecule has 0 unspecified atom stereocenters. The van der Waals surface area contributed by atoms with Gasteiger partial charge in [0.15, 0.2) is 0 Å². The van der Waals surface area contributed by atoms with E-state index in [0.29, 0.717) is 5.82 Å². The summed E-state index contributed by atoms with van der Waals surface area (Å²) >= 11 is 1.58. The quantitative estimate of drug-likeness (QED) is 0.824. The zero-order valence-corrected chi connectivity index (χ0v) is 10.4. The Morgan fingerprint density at radius 2 is 2.17 bits per heavy atom. The minimum absolute atomic E-state index is 0.0495. The molecule has 1 aromatic carbocycles. The maximum absolute atomic E-state index is 11.0. The lowest BCUT2D eigenvalue weighted by Crippen LogP contribution is -2.05. The molecule has 0 bridgehead atoms. The van der Waals surface area contributed by atoms with Gasteiger partial charge < -0.3 is 10.4 Å². The van der Waals surface area contributed by atoms with E-state index in [1.807, 2.05) is 30.5 Å². The molecule has 0 aliphatic heterocycles. The van der Waals surface area contributed by atoms with Crippen molar-refractivity contribution < 1.29 is 9.90 Å². The highest BCUT2D eigenvalue weighted by molar-refractivity contribution is 7.98. The second-order valence-corrected chi connectivity index (χ2v) is 4.26. The van der Waals surface area contributed by atoms with Crippen LogP contribution in [0.5, 0.6) is 0 Å². The van der Waals surface area contributed by atoms with Crippen LogP contribution in [0.4, 0.5) is 11.5 Å². The highest BCUT2D eigenvalue weighted by Gasteiger charge is 2.12. The predicted molar refractivity (Wildman–Crippen MR) is 70.5 cm³/mol. The fourth-order valence-corrected chi connectivity index (χ4v) is 2.01. The number of anilines is 2. The summed E-state index contributed by atoms with van der Waals surface area (Å²) in [6.45, 7) is 0. The van der Waals surface area contributed by atoms with Crippen LogP contribution in [0.15, 0.2) is 41.7 Å². The standard InChI is InChI=1S/C12H11N3O2S/c1-18-10-5-3-2-4-9(10)15-11-8(12(16)17)6-13-7-14-11/h2-7H,1H3,(H,16,17)(H,13,14,15). The Bertz CT molecular complexity index is 575. The number of thioether (sulfide) groups is 1. The summed E-state index contributed by atoms with van der Waals surface area (Å²) in [6.07, 6.45) is 4.55. The SMILES string of the molecule is CSc1ccccc1Nc1ncncc1C(=O)O. The van der Waals surface area contributed by atoms with Gasteiger partial charge >= 0.3 is 5.97 Å². The number of nitrogens with zero attached hydrogens (tertiary/aromatic N) is 2. The largest absolute Gasteiger partial charge is 0.477 e. The van der Waals surface area contributed by atoms with Gasteiger partial charge in [0.25, 0.3) is 0 Å². The molecule has 6 heteroatoms. The van der Waals surface area contributed by atoms with Crippen molar-refractivity contribution >= 4 is 29.2 Å². The third-order valence-corrected chi connectivity index (χ3v) is 3.10. The molecule has 0 radical (unpaired) electrons. The van der Waals surface area contributed by atoms with Gasteiger partial charge in [-0.3, -0.25) is 0 Å². The second kappa shape index (κ2) is 5.50. The Morgan fingerprint density at radius 3 is 2.89 bits per heavy atom. The van der Waals surface area contributed by atoms with E-state index in [0.717, 1.165) is 10.6 Å². The number of aromatic nitrogens is 2.